The summed E-state index contributed by atoms with van der Waals surface area (Å²) in [6.45, 7) is 13.4. The lowest BCUT2D eigenvalue weighted by Crippen LogP contribution is -2.47. The van der Waals surface area contributed by atoms with Crippen LogP contribution in [0.4, 0.5) is 11.4 Å². The van der Waals surface area contributed by atoms with E-state index in [1.807, 2.05) is 50.2 Å². The van der Waals surface area contributed by atoms with Crippen LogP contribution in [0.15, 0.2) is 95.7 Å². The minimum Gasteiger partial charge on any atom is -0.455 e. The Hall–Kier alpha value is -4.88. The van der Waals surface area contributed by atoms with E-state index in [1.165, 1.54) is 22.8 Å². The third kappa shape index (κ3) is 10.3. The Kier molecular flexibility index (Phi) is 12.3. The zero-order chi connectivity index (χ0) is 42.9. The van der Waals surface area contributed by atoms with E-state index in [0.717, 1.165) is 112 Å². The molecule has 0 spiro atoms. The first-order chi connectivity index (χ1) is 29.1. The van der Waals surface area contributed by atoms with Crippen molar-refractivity contribution in [2.75, 3.05) is 49.5 Å². The van der Waals surface area contributed by atoms with Crippen LogP contribution in [0.2, 0.25) is 5.02 Å². The molecule has 4 N–H and O–H groups in total. The van der Waals surface area contributed by atoms with Crippen molar-refractivity contribution >= 4 is 55.5 Å². The number of hydrogen-bond acceptors (Lipinski definition) is 9. The highest BCUT2D eigenvalue weighted by atomic mass is 35.5. The van der Waals surface area contributed by atoms with E-state index in [4.69, 9.17) is 16.3 Å². The van der Waals surface area contributed by atoms with E-state index in [2.05, 4.69) is 55.8 Å². The summed E-state index contributed by atoms with van der Waals surface area (Å²) in [5.41, 5.74) is 7.09. The Bertz CT molecular complexity index is 2530. The lowest BCUT2D eigenvalue weighted by atomic mass is 9.72. The Morgan fingerprint density at radius 3 is 2.46 bits per heavy atom. The largest absolute Gasteiger partial charge is 0.455 e. The number of aromatic nitrogens is 2. The summed E-state index contributed by atoms with van der Waals surface area (Å²) >= 11 is 6.25. The van der Waals surface area contributed by atoms with Gasteiger partial charge >= 0.3 is 0 Å². The number of carbonyl (C=O) groups excluding carboxylic acids is 1. The fraction of sp³-hybridized carbons (Fsp3) is 0.417. The molecule has 1 aliphatic heterocycles. The number of allylic oxidation sites excluding steroid dienone is 1. The van der Waals surface area contributed by atoms with Crippen molar-refractivity contribution in [1.82, 2.24) is 19.6 Å². The molecule has 322 valence electrons. The maximum Gasteiger partial charge on any atom is 0.268 e. The number of ether oxygens (including phenoxy) is 1. The summed E-state index contributed by atoms with van der Waals surface area (Å²) in [6.07, 6.45) is 10.1. The molecule has 11 nitrogen and oxygen atoms in total. The molecule has 0 unspecified atom stereocenters. The van der Waals surface area contributed by atoms with Gasteiger partial charge < -0.3 is 25.0 Å². The minimum absolute atomic E-state index is 0.00956. The molecule has 0 atom stereocenters. The second kappa shape index (κ2) is 17.5. The first-order valence-corrected chi connectivity index (χ1v) is 23.3. The first-order valence-electron chi connectivity index (χ1n) is 21.4. The molecule has 2 aromatic heterocycles. The molecule has 61 heavy (non-hydrogen) atoms. The van der Waals surface area contributed by atoms with Gasteiger partial charge in [0.25, 0.3) is 15.9 Å². The summed E-state index contributed by atoms with van der Waals surface area (Å²) in [5.74, 6) is 0.286. The van der Waals surface area contributed by atoms with Crippen LogP contribution in [0.1, 0.15) is 87.2 Å². The Balaban J connectivity index is 0.974. The fourth-order valence-electron chi connectivity index (χ4n) is 8.98. The van der Waals surface area contributed by atoms with E-state index in [0.29, 0.717) is 17.3 Å². The van der Waals surface area contributed by atoms with Gasteiger partial charge in [-0.2, -0.15) is 0 Å². The van der Waals surface area contributed by atoms with Gasteiger partial charge in [0.05, 0.1) is 22.3 Å². The lowest BCUT2D eigenvalue weighted by Gasteiger charge is -2.39. The van der Waals surface area contributed by atoms with Gasteiger partial charge in [-0.25, -0.2) is 18.1 Å². The van der Waals surface area contributed by atoms with Crippen LogP contribution in [-0.4, -0.2) is 79.2 Å². The number of anilines is 2. The van der Waals surface area contributed by atoms with Gasteiger partial charge in [0, 0.05) is 73.3 Å². The summed E-state index contributed by atoms with van der Waals surface area (Å²) in [7, 11) is -4.24. The third-order valence-corrected chi connectivity index (χ3v) is 14.4. The Labute approximate surface area is 364 Å². The zero-order valence-corrected chi connectivity index (χ0v) is 37.1. The molecule has 1 saturated heterocycles. The summed E-state index contributed by atoms with van der Waals surface area (Å²) < 4.78 is 36.1. The smallest absolute Gasteiger partial charge is 0.268 e. The molecule has 3 heterocycles. The number of H-pyrrole nitrogens is 1. The number of sulfonamides is 1. The van der Waals surface area contributed by atoms with Gasteiger partial charge in [-0.15, -0.1) is 0 Å². The number of piperazine rings is 1. The number of pyridine rings is 1. The third-order valence-electron chi connectivity index (χ3n) is 12.8. The van der Waals surface area contributed by atoms with E-state index < -0.39 is 21.5 Å². The van der Waals surface area contributed by atoms with Crippen LogP contribution in [0, 0.1) is 18.3 Å². The van der Waals surface area contributed by atoms with Crippen LogP contribution in [0.3, 0.4) is 0 Å². The van der Waals surface area contributed by atoms with Crippen LogP contribution in [0.5, 0.6) is 11.5 Å². The quantitative estimate of drug-likeness (QED) is 0.0966. The van der Waals surface area contributed by atoms with Gasteiger partial charge in [-0.3, -0.25) is 9.69 Å². The number of fused-ring (bicyclic) bond motifs is 1. The summed E-state index contributed by atoms with van der Waals surface area (Å²) in [5, 5.41) is 15.4. The number of halogens is 1. The molecule has 1 amide bonds. The van der Waals surface area contributed by atoms with Crippen molar-refractivity contribution in [1.29, 1.82) is 0 Å². The fourth-order valence-corrected chi connectivity index (χ4v) is 10.2. The molecular weight excluding hydrogens is 808 g/mol. The molecule has 13 heteroatoms. The average molecular weight is 866 g/mol. The molecule has 8 rings (SSSR count). The minimum atomic E-state index is -4.24. The number of nitrogens with zero attached hydrogens (tertiary/aromatic N) is 3. The van der Waals surface area contributed by atoms with E-state index in [-0.39, 0.29) is 21.6 Å². The second-order valence-electron chi connectivity index (χ2n) is 18.3. The molecule has 2 aliphatic carbocycles. The van der Waals surface area contributed by atoms with Crippen molar-refractivity contribution in [3.8, 4) is 11.5 Å². The number of hydrogen-bond donors (Lipinski definition) is 4. The monoisotopic (exact) mass is 864 g/mol. The highest BCUT2D eigenvalue weighted by Crippen LogP contribution is 2.43. The number of nitrogens with one attached hydrogen (secondary N) is 3. The predicted molar refractivity (Wildman–Crippen MR) is 244 cm³/mol. The Morgan fingerprint density at radius 2 is 1.72 bits per heavy atom. The second-order valence-corrected chi connectivity index (χ2v) is 20.4. The van der Waals surface area contributed by atoms with Gasteiger partial charge in [0.15, 0.2) is 0 Å². The van der Waals surface area contributed by atoms with Crippen molar-refractivity contribution in [3.63, 3.8) is 0 Å². The van der Waals surface area contributed by atoms with Gasteiger partial charge in [-0.1, -0.05) is 43.2 Å². The van der Waals surface area contributed by atoms with Crippen molar-refractivity contribution < 1.29 is 23.1 Å². The predicted octanol–water partition coefficient (Wildman–Crippen LogP) is 9.57. The average Bonchev–Trinajstić information content (AvgIpc) is 3.70. The van der Waals surface area contributed by atoms with Gasteiger partial charge in [-0.05, 0) is 141 Å². The lowest BCUT2D eigenvalue weighted by molar-refractivity contribution is 0.00976. The molecule has 3 aromatic carbocycles. The molecule has 0 bridgehead atoms. The SMILES string of the molecule is Cc1cc(S(=O)(=O)NC(=O)c2ccc(N3CCN(CC4=C(c5ccc(Cl)cc5)CC(C)(C)CC4)CC3)cc2Oc2cnc3[nH]ccc3c2)ccc1NC[C@H]1CC[C@](C)(O)CC1. The number of aryl methyl sites for hydroxylation is 1. The molecule has 3 aliphatic rings. The maximum atomic E-state index is 13.9. The van der Waals surface area contributed by atoms with Crippen LogP contribution in [0.25, 0.3) is 16.6 Å². The standard InChI is InChI=1S/C48H57ClN6O5S/c1-32-25-40(10-12-43(32)51-29-33-13-18-48(4,57)19-14-33)61(58,59)53-46(56)41-11-9-38(27-44(41)60-39-26-35-16-20-50-45(35)52-30-39)55-23-21-54(22-24-55)31-36-15-17-47(2,3)28-42(36)34-5-7-37(49)8-6-34/h5-12,16,20,25-27,30,33,51,57H,13-15,17-19,21-24,28-29,31H2,1-4H3,(H,50,52)(H,53,56)/t33-,48-. The molecule has 1 saturated carbocycles. The number of amides is 1. The summed E-state index contributed by atoms with van der Waals surface area (Å²) in [6, 6.07) is 22.1. The number of aromatic amines is 1. The van der Waals surface area contributed by atoms with Crippen molar-refractivity contribution in [3.05, 3.63) is 112 Å². The van der Waals surface area contributed by atoms with Crippen molar-refractivity contribution in [2.24, 2.45) is 11.3 Å². The van der Waals surface area contributed by atoms with Crippen molar-refractivity contribution in [2.45, 2.75) is 83.1 Å². The molecule has 5 aromatic rings. The van der Waals surface area contributed by atoms with Crippen LogP contribution >= 0.6 is 11.6 Å². The first kappa shape index (κ1) is 42.8. The van der Waals surface area contributed by atoms with E-state index in [1.54, 1.807) is 30.6 Å². The number of carbonyl (C=O) groups is 1. The number of benzene rings is 3. The Morgan fingerprint density at radius 1 is 0.967 bits per heavy atom. The molecule has 2 fully saturated rings. The zero-order valence-electron chi connectivity index (χ0n) is 35.6. The van der Waals surface area contributed by atoms with Gasteiger partial charge in [0.2, 0.25) is 0 Å². The van der Waals surface area contributed by atoms with Crippen LogP contribution < -0.4 is 19.7 Å². The number of rotatable bonds is 12. The highest BCUT2D eigenvalue weighted by Gasteiger charge is 2.31. The van der Waals surface area contributed by atoms with Crippen LogP contribution in [-0.2, 0) is 10.0 Å². The van der Waals surface area contributed by atoms with E-state index >= 15 is 0 Å². The topological polar surface area (TPSA) is 140 Å². The molecular formula is C48H57ClN6O5S. The highest BCUT2D eigenvalue weighted by molar-refractivity contribution is 7.90. The van der Waals surface area contributed by atoms with Gasteiger partial charge in [0.1, 0.15) is 17.1 Å². The maximum absolute atomic E-state index is 13.9. The number of aliphatic hydroxyl groups is 1. The normalized spacial score (nSPS) is 21.1. The van der Waals surface area contributed by atoms with E-state index in [9.17, 15) is 18.3 Å². The molecule has 0 radical (unpaired) electrons. The summed E-state index contributed by atoms with van der Waals surface area (Å²) in [4.78, 5) is 26.3.